The Bertz CT molecular complexity index is 785. The van der Waals surface area contributed by atoms with Crippen molar-refractivity contribution in [2.24, 2.45) is 7.05 Å². The quantitative estimate of drug-likeness (QED) is 0.772. The molecule has 0 unspecified atom stereocenters. The zero-order valence-electron chi connectivity index (χ0n) is 13.2. The van der Waals surface area contributed by atoms with Gasteiger partial charge in [-0.05, 0) is 12.8 Å². The first kappa shape index (κ1) is 14.1. The number of rotatable bonds is 5. The van der Waals surface area contributed by atoms with Crippen molar-refractivity contribution < 1.29 is 0 Å². The SMILES string of the molecule is Cn1ncc2c(NCCn3cnnc3)nc(C3CCCC3)nc21. The molecule has 0 saturated heterocycles. The molecule has 0 atom stereocenters. The van der Waals surface area contributed by atoms with Crippen LogP contribution in [0.3, 0.4) is 0 Å². The highest BCUT2D eigenvalue weighted by molar-refractivity contribution is 5.86. The minimum absolute atomic E-state index is 0.479. The summed E-state index contributed by atoms with van der Waals surface area (Å²) in [6, 6.07) is 0. The summed E-state index contributed by atoms with van der Waals surface area (Å²) in [6.07, 6.45) is 10.2. The van der Waals surface area contributed by atoms with Crippen molar-refractivity contribution in [1.82, 2.24) is 34.5 Å². The predicted octanol–water partition coefficient (Wildman–Crippen LogP) is 1.72. The summed E-state index contributed by atoms with van der Waals surface area (Å²) in [4.78, 5) is 9.56. The lowest BCUT2D eigenvalue weighted by Crippen LogP contribution is -2.12. The third-order valence-corrected chi connectivity index (χ3v) is 4.46. The van der Waals surface area contributed by atoms with Crippen LogP contribution in [-0.4, -0.2) is 41.1 Å². The van der Waals surface area contributed by atoms with Crippen LogP contribution >= 0.6 is 0 Å². The molecule has 0 amide bonds. The molecule has 1 fully saturated rings. The van der Waals surface area contributed by atoms with Crippen molar-refractivity contribution in [2.75, 3.05) is 11.9 Å². The molecule has 0 spiro atoms. The summed E-state index contributed by atoms with van der Waals surface area (Å²) in [6.45, 7) is 1.54. The van der Waals surface area contributed by atoms with Crippen LogP contribution in [-0.2, 0) is 13.6 Å². The Kier molecular flexibility index (Phi) is 3.64. The Morgan fingerprint density at radius 3 is 2.74 bits per heavy atom. The van der Waals surface area contributed by atoms with Gasteiger partial charge in [-0.3, -0.25) is 4.68 Å². The maximum absolute atomic E-state index is 4.80. The molecule has 8 nitrogen and oxygen atoms in total. The Hall–Kier alpha value is -2.51. The van der Waals surface area contributed by atoms with Crippen LogP contribution in [0.2, 0.25) is 0 Å². The van der Waals surface area contributed by atoms with E-state index >= 15 is 0 Å². The Balaban J connectivity index is 1.60. The lowest BCUT2D eigenvalue weighted by Gasteiger charge is -2.12. The molecule has 120 valence electrons. The van der Waals surface area contributed by atoms with Gasteiger partial charge in [0, 0.05) is 26.1 Å². The molecule has 3 aromatic heterocycles. The van der Waals surface area contributed by atoms with Crippen molar-refractivity contribution in [2.45, 2.75) is 38.1 Å². The largest absolute Gasteiger partial charge is 0.368 e. The Morgan fingerprint density at radius 2 is 1.96 bits per heavy atom. The second kappa shape index (κ2) is 5.94. The van der Waals surface area contributed by atoms with Gasteiger partial charge in [0.1, 0.15) is 24.3 Å². The van der Waals surface area contributed by atoms with Gasteiger partial charge in [0.15, 0.2) is 5.65 Å². The number of fused-ring (bicyclic) bond motifs is 1. The number of aromatic nitrogens is 7. The average Bonchev–Trinajstić information content (AvgIpc) is 3.29. The number of aryl methyl sites for hydroxylation is 1. The van der Waals surface area contributed by atoms with Crippen LogP contribution in [0.1, 0.15) is 37.4 Å². The topological polar surface area (TPSA) is 86.3 Å². The fourth-order valence-electron chi connectivity index (χ4n) is 3.18. The zero-order chi connectivity index (χ0) is 15.6. The third-order valence-electron chi connectivity index (χ3n) is 4.46. The van der Waals surface area contributed by atoms with Crippen molar-refractivity contribution in [1.29, 1.82) is 0 Å². The molecular formula is C15H20N8. The van der Waals surface area contributed by atoms with Gasteiger partial charge in [-0.25, -0.2) is 9.97 Å². The van der Waals surface area contributed by atoms with Gasteiger partial charge in [-0.15, -0.1) is 10.2 Å². The predicted molar refractivity (Wildman–Crippen MR) is 86.0 cm³/mol. The highest BCUT2D eigenvalue weighted by Gasteiger charge is 2.22. The van der Waals surface area contributed by atoms with E-state index in [2.05, 4.69) is 20.6 Å². The number of nitrogens with one attached hydrogen (secondary N) is 1. The highest BCUT2D eigenvalue weighted by Crippen LogP contribution is 2.33. The standard InChI is InChI=1S/C15H20N8/c1-22-15-12(8-19-22)14(16-6-7-23-9-17-18-10-23)20-13(21-15)11-4-2-3-5-11/h8-11H,2-7H2,1H3,(H,16,20,21). The molecule has 0 radical (unpaired) electrons. The van der Waals surface area contributed by atoms with E-state index < -0.39 is 0 Å². The molecule has 0 aromatic carbocycles. The number of nitrogens with zero attached hydrogens (tertiary/aromatic N) is 7. The van der Waals surface area contributed by atoms with Gasteiger partial charge >= 0.3 is 0 Å². The van der Waals surface area contributed by atoms with Crippen LogP contribution in [0.4, 0.5) is 5.82 Å². The van der Waals surface area contributed by atoms with Gasteiger partial charge < -0.3 is 9.88 Å². The van der Waals surface area contributed by atoms with Crippen LogP contribution < -0.4 is 5.32 Å². The van der Waals surface area contributed by atoms with Crippen LogP contribution in [0, 0.1) is 0 Å². The van der Waals surface area contributed by atoms with E-state index in [0.29, 0.717) is 5.92 Å². The van der Waals surface area contributed by atoms with E-state index in [1.807, 2.05) is 22.5 Å². The van der Waals surface area contributed by atoms with Gasteiger partial charge in [-0.1, -0.05) is 12.8 Å². The summed E-state index contributed by atoms with van der Waals surface area (Å²) < 4.78 is 3.76. The van der Waals surface area contributed by atoms with Crippen LogP contribution in [0.15, 0.2) is 18.9 Å². The first-order valence-corrected chi connectivity index (χ1v) is 8.07. The number of hydrogen-bond donors (Lipinski definition) is 1. The summed E-state index contributed by atoms with van der Waals surface area (Å²) in [7, 11) is 1.93. The molecule has 4 rings (SSSR count). The molecule has 1 N–H and O–H groups in total. The van der Waals surface area contributed by atoms with Gasteiger partial charge in [0.2, 0.25) is 0 Å². The molecule has 23 heavy (non-hydrogen) atoms. The first-order chi connectivity index (χ1) is 11.3. The second-order valence-electron chi connectivity index (χ2n) is 6.04. The summed E-state index contributed by atoms with van der Waals surface area (Å²) in [5.41, 5.74) is 0.897. The van der Waals surface area contributed by atoms with E-state index in [1.54, 1.807) is 12.7 Å². The van der Waals surface area contributed by atoms with Crippen molar-refractivity contribution in [3.05, 3.63) is 24.7 Å². The number of anilines is 1. The average molecular weight is 312 g/mol. The van der Waals surface area contributed by atoms with Crippen LogP contribution in [0.25, 0.3) is 11.0 Å². The molecule has 1 aliphatic rings. The maximum Gasteiger partial charge on any atom is 0.163 e. The minimum atomic E-state index is 0.479. The first-order valence-electron chi connectivity index (χ1n) is 8.07. The fraction of sp³-hybridized carbons (Fsp3) is 0.533. The summed E-state index contributed by atoms with van der Waals surface area (Å²) in [5, 5.41) is 16.4. The zero-order valence-corrected chi connectivity index (χ0v) is 13.2. The van der Waals surface area contributed by atoms with Gasteiger partial charge in [0.05, 0.1) is 11.6 Å². The van der Waals surface area contributed by atoms with E-state index in [4.69, 9.17) is 9.97 Å². The third kappa shape index (κ3) is 2.76. The summed E-state index contributed by atoms with van der Waals surface area (Å²) in [5.74, 6) is 2.30. The molecule has 3 heterocycles. The van der Waals surface area contributed by atoms with E-state index in [0.717, 1.165) is 35.8 Å². The Labute approximate surface area is 134 Å². The molecule has 8 heteroatoms. The van der Waals surface area contributed by atoms with Crippen LogP contribution in [0.5, 0.6) is 0 Å². The molecular weight excluding hydrogens is 292 g/mol. The van der Waals surface area contributed by atoms with Gasteiger partial charge in [-0.2, -0.15) is 5.10 Å². The number of hydrogen-bond acceptors (Lipinski definition) is 6. The maximum atomic E-state index is 4.80. The lowest BCUT2D eigenvalue weighted by molar-refractivity contribution is 0.666. The highest BCUT2D eigenvalue weighted by atomic mass is 15.3. The van der Waals surface area contributed by atoms with E-state index in [9.17, 15) is 0 Å². The van der Waals surface area contributed by atoms with Crippen molar-refractivity contribution in [3.8, 4) is 0 Å². The minimum Gasteiger partial charge on any atom is -0.368 e. The van der Waals surface area contributed by atoms with Crippen molar-refractivity contribution in [3.63, 3.8) is 0 Å². The lowest BCUT2D eigenvalue weighted by atomic mass is 10.1. The molecule has 3 aromatic rings. The molecule has 1 saturated carbocycles. The normalized spacial score (nSPS) is 15.5. The monoisotopic (exact) mass is 312 g/mol. The second-order valence-corrected chi connectivity index (χ2v) is 6.04. The molecule has 0 aliphatic heterocycles. The summed E-state index contributed by atoms with van der Waals surface area (Å²) >= 11 is 0. The molecule has 1 aliphatic carbocycles. The Morgan fingerprint density at radius 1 is 1.17 bits per heavy atom. The van der Waals surface area contributed by atoms with E-state index in [-0.39, 0.29) is 0 Å². The molecule has 0 bridgehead atoms. The van der Waals surface area contributed by atoms with E-state index in [1.165, 1.54) is 25.7 Å². The fourth-order valence-corrected chi connectivity index (χ4v) is 3.18. The smallest absolute Gasteiger partial charge is 0.163 e. The van der Waals surface area contributed by atoms with Crippen molar-refractivity contribution >= 4 is 16.9 Å². The van der Waals surface area contributed by atoms with Gasteiger partial charge in [0.25, 0.3) is 0 Å².